The molecule has 1 aromatic rings. The van der Waals surface area contributed by atoms with E-state index in [0.717, 1.165) is 12.0 Å². The second-order valence-corrected chi connectivity index (χ2v) is 3.64. The number of pyridine rings is 1. The number of nitrogens with one attached hydrogen (secondary N) is 1. The Balaban J connectivity index is 2.23. The summed E-state index contributed by atoms with van der Waals surface area (Å²) in [6.45, 7) is 2.40. The number of nitrogens with zero attached hydrogens (tertiary/aromatic N) is 1. The zero-order valence-electron chi connectivity index (χ0n) is 8.94. The van der Waals surface area contributed by atoms with Gasteiger partial charge < -0.3 is 11.1 Å². The van der Waals surface area contributed by atoms with Crippen LogP contribution >= 0.6 is 0 Å². The maximum atomic E-state index is 11.3. The number of hydrogen-bond acceptors (Lipinski definition) is 3. The van der Waals surface area contributed by atoms with Crippen molar-refractivity contribution in [3.63, 3.8) is 0 Å². The van der Waals surface area contributed by atoms with E-state index in [9.17, 15) is 4.79 Å². The van der Waals surface area contributed by atoms with Crippen LogP contribution in [0.15, 0.2) is 24.5 Å². The highest BCUT2D eigenvalue weighted by Gasteiger charge is 2.02. The summed E-state index contributed by atoms with van der Waals surface area (Å²) in [7, 11) is 0. The first-order valence-electron chi connectivity index (χ1n) is 5.09. The molecule has 0 radical (unpaired) electrons. The zero-order valence-corrected chi connectivity index (χ0v) is 8.94. The maximum Gasteiger partial charge on any atom is 0.220 e. The molecule has 0 aliphatic rings. The average molecular weight is 207 g/mol. The molecular formula is C11H17N3O. The van der Waals surface area contributed by atoms with Gasteiger partial charge in [-0.15, -0.1) is 0 Å². The summed E-state index contributed by atoms with van der Waals surface area (Å²) < 4.78 is 0. The second kappa shape index (κ2) is 6.14. The second-order valence-electron chi connectivity index (χ2n) is 3.64. The highest BCUT2D eigenvalue weighted by molar-refractivity contribution is 5.76. The molecule has 1 unspecified atom stereocenters. The van der Waals surface area contributed by atoms with E-state index >= 15 is 0 Å². The fourth-order valence-corrected chi connectivity index (χ4v) is 1.17. The minimum atomic E-state index is 0.00914. The van der Waals surface area contributed by atoms with Crippen molar-refractivity contribution in [2.45, 2.75) is 25.8 Å². The molecule has 15 heavy (non-hydrogen) atoms. The fraction of sp³-hybridized carbons (Fsp3) is 0.455. The van der Waals surface area contributed by atoms with Crippen LogP contribution < -0.4 is 11.1 Å². The Kier molecular flexibility index (Phi) is 4.77. The number of amides is 1. The van der Waals surface area contributed by atoms with E-state index < -0.39 is 0 Å². The molecule has 1 aromatic heterocycles. The van der Waals surface area contributed by atoms with Crippen molar-refractivity contribution in [2.75, 3.05) is 6.54 Å². The van der Waals surface area contributed by atoms with Crippen molar-refractivity contribution >= 4 is 5.91 Å². The number of carbonyl (C=O) groups excluding carboxylic acids is 1. The molecule has 0 saturated carbocycles. The number of aromatic nitrogens is 1. The lowest BCUT2D eigenvalue weighted by Gasteiger charge is -2.07. The van der Waals surface area contributed by atoms with Gasteiger partial charge in [0.15, 0.2) is 0 Å². The molecule has 1 atom stereocenters. The molecular weight excluding hydrogens is 190 g/mol. The van der Waals surface area contributed by atoms with Gasteiger partial charge in [0.2, 0.25) is 5.91 Å². The number of nitrogens with two attached hydrogens (primary N) is 1. The van der Waals surface area contributed by atoms with Crippen molar-refractivity contribution in [2.24, 2.45) is 5.73 Å². The predicted octanol–water partition coefficient (Wildman–Crippen LogP) is 0.478. The Hall–Kier alpha value is -1.42. The summed E-state index contributed by atoms with van der Waals surface area (Å²) in [4.78, 5) is 15.3. The van der Waals surface area contributed by atoms with Crippen LogP contribution in [0.3, 0.4) is 0 Å². The SMILES string of the molecule is CC(N)CNC(=O)CCc1ccncc1. The third-order valence-corrected chi connectivity index (χ3v) is 2.01. The lowest BCUT2D eigenvalue weighted by Crippen LogP contribution is -2.35. The number of aryl methyl sites for hydroxylation is 1. The molecule has 1 rings (SSSR count). The third-order valence-electron chi connectivity index (χ3n) is 2.01. The molecule has 4 nitrogen and oxygen atoms in total. The van der Waals surface area contributed by atoms with Crippen molar-refractivity contribution < 1.29 is 4.79 Å². The summed E-state index contributed by atoms with van der Waals surface area (Å²) in [5.41, 5.74) is 6.65. The smallest absolute Gasteiger partial charge is 0.220 e. The van der Waals surface area contributed by atoms with Crippen LogP contribution in [0.25, 0.3) is 0 Å². The number of rotatable bonds is 5. The monoisotopic (exact) mass is 207 g/mol. The molecule has 0 aliphatic heterocycles. The molecule has 1 heterocycles. The van der Waals surface area contributed by atoms with E-state index in [4.69, 9.17) is 5.73 Å². The van der Waals surface area contributed by atoms with E-state index in [1.165, 1.54) is 0 Å². The molecule has 0 saturated heterocycles. The summed E-state index contributed by atoms with van der Waals surface area (Å²) in [5, 5.41) is 2.77. The summed E-state index contributed by atoms with van der Waals surface area (Å²) in [5.74, 6) is 0.0455. The molecule has 3 N–H and O–H groups in total. The zero-order chi connectivity index (χ0) is 11.1. The van der Waals surface area contributed by atoms with E-state index in [1.54, 1.807) is 12.4 Å². The predicted molar refractivity (Wildman–Crippen MR) is 59.2 cm³/mol. The van der Waals surface area contributed by atoms with Crippen LogP contribution in [0.1, 0.15) is 18.9 Å². The highest BCUT2D eigenvalue weighted by Crippen LogP contribution is 2.00. The minimum absolute atomic E-state index is 0.00914. The van der Waals surface area contributed by atoms with Gasteiger partial charge in [0.1, 0.15) is 0 Å². The molecule has 1 amide bonds. The van der Waals surface area contributed by atoms with Gasteiger partial charge >= 0.3 is 0 Å². The van der Waals surface area contributed by atoms with Crippen LogP contribution in [-0.4, -0.2) is 23.5 Å². The maximum absolute atomic E-state index is 11.3. The molecule has 0 spiro atoms. The van der Waals surface area contributed by atoms with Gasteiger partial charge in [-0.2, -0.15) is 0 Å². The molecule has 0 bridgehead atoms. The number of carbonyl (C=O) groups is 1. The summed E-state index contributed by atoms with van der Waals surface area (Å²) in [6, 6.07) is 3.84. The Morgan fingerprint density at radius 1 is 1.53 bits per heavy atom. The summed E-state index contributed by atoms with van der Waals surface area (Å²) in [6.07, 6.45) is 4.70. The molecule has 0 fully saturated rings. The van der Waals surface area contributed by atoms with Crippen LogP contribution in [0, 0.1) is 0 Å². The van der Waals surface area contributed by atoms with E-state index in [2.05, 4.69) is 10.3 Å². The standard InChI is InChI=1S/C11H17N3O/c1-9(12)8-14-11(15)3-2-10-4-6-13-7-5-10/h4-7,9H,2-3,8,12H2,1H3,(H,14,15). The van der Waals surface area contributed by atoms with Crippen molar-refractivity contribution in [3.8, 4) is 0 Å². The third kappa shape index (κ3) is 5.12. The number of hydrogen-bond donors (Lipinski definition) is 2. The van der Waals surface area contributed by atoms with Gasteiger partial charge in [-0.25, -0.2) is 0 Å². The molecule has 0 aliphatic carbocycles. The van der Waals surface area contributed by atoms with Crippen LogP contribution in [-0.2, 0) is 11.2 Å². The van der Waals surface area contributed by atoms with Gasteiger partial charge in [0, 0.05) is 31.4 Å². The Morgan fingerprint density at radius 3 is 2.80 bits per heavy atom. The lowest BCUT2D eigenvalue weighted by molar-refractivity contribution is -0.121. The van der Waals surface area contributed by atoms with E-state index in [1.807, 2.05) is 19.1 Å². The first-order chi connectivity index (χ1) is 7.18. The van der Waals surface area contributed by atoms with E-state index in [0.29, 0.717) is 13.0 Å². The average Bonchev–Trinajstić information content (AvgIpc) is 2.25. The molecule has 82 valence electrons. The molecule has 0 aromatic carbocycles. The van der Waals surface area contributed by atoms with Gasteiger partial charge in [-0.05, 0) is 31.0 Å². The van der Waals surface area contributed by atoms with Crippen molar-refractivity contribution in [1.82, 2.24) is 10.3 Å². The van der Waals surface area contributed by atoms with Crippen molar-refractivity contribution in [3.05, 3.63) is 30.1 Å². The summed E-state index contributed by atoms with van der Waals surface area (Å²) >= 11 is 0. The van der Waals surface area contributed by atoms with Crippen LogP contribution in [0.2, 0.25) is 0 Å². The Morgan fingerprint density at radius 2 is 2.20 bits per heavy atom. The first kappa shape index (κ1) is 11.7. The van der Waals surface area contributed by atoms with Gasteiger partial charge in [-0.1, -0.05) is 0 Å². The largest absolute Gasteiger partial charge is 0.355 e. The van der Waals surface area contributed by atoms with Crippen LogP contribution in [0.5, 0.6) is 0 Å². The quantitative estimate of drug-likeness (QED) is 0.737. The normalized spacial score (nSPS) is 12.1. The highest BCUT2D eigenvalue weighted by atomic mass is 16.1. The first-order valence-corrected chi connectivity index (χ1v) is 5.09. The topological polar surface area (TPSA) is 68.0 Å². The Bertz CT molecular complexity index is 298. The fourth-order valence-electron chi connectivity index (χ4n) is 1.17. The minimum Gasteiger partial charge on any atom is -0.355 e. The Labute approximate surface area is 89.9 Å². The molecule has 4 heteroatoms. The van der Waals surface area contributed by atoms with E-state index in [-0.39, 0.29) is 11.9 Å². The van der Waals surface area contributed by atoms with Crippen LogP contribution in [0.4, 0.5) is 0 Å². The van der Waals surface area contributed by atoms with Gasteiger partial charge in [0.05, 0.1) is 0 Å². The van der Waals surface area contributed by atoms with Gasteiger partial charge in [-0.3, -0.25) is 9.78 Å². The van der Waals surface area contributed by atoms with Crippen molar-refractivity contribution in [1.29, 1.82) is 0 Å². The van der Waals surface area contributed by atoms with Gasteiger partial charge in [0.25, 0.3) is 0 Å². The lowest BCUT2D eigenvalue weighted by atomic mass is 10.1.